The SMILES string of the molecule is CC(=O)Nc1nc2[c]cccc2o1. The van der Waals surface area contributed by atoms with Crippen LogP contribution in [0.25, 0.3) is 11.1 Å². The van der Waals surface area contributed by atoms with E-state index in [1.165, 1.54) is 6.92 Å². The number of hydrogen-bond acceptors (Lipinski definition) is 3. The van der Waals surface area contributed by atoms with Crippen molar-refractivity contribution in [3.63, 3.8) is 0 Å². The van der Waals surface area contributed by atoms with Gasteiger partial charge in [0.2, 0.25) is 5.91 Å². The lowest BCUT2D eigenvalue weighted by molar-refractivity contribution is -0.114. The van der Waals surface area contributed by atoms with Crippen molar-refractivity contribution < 1.29 is 9.21 Å². The van der Waals surface area contributed by atoms with Crippen LogP contribution < -0.4 is 5.32 Å². The largest absolute Gasteiger partial charge is 0.423 e. The number of aromatic nitrogens is 1. The van der Waals surface area contributed by atoms with Crippen LogP contribution in [0.15, 0.2) is 22.6 Å². The highest BCUT2D eigenvalue weighted by atomic mass is 16.4. The number of para-hydroxylation sites is 1. The smallest absolute Gasteiger partial charge is 0.302 e. The molecule has 0 unspecified atom stereocenters. The molecule has 1 aromatic heterocycles. The highest BCUT2D eigenvalue weighted by Gasteiger charge is 2.04. The first kappa shape index (κ1) is 7.79. The van der Waals surface area contributed by atoms with Gasteiger partial charge in [0, 0.05) is 13.0 Å². The van der Waals surface area contributed by atoms with E-state index in [9.17, 15) is 4.79 Å². The van der Waals surface area contributed by atoms with Crippen molar-refractivity contribution in [1.82, 2.24) is 4.98 Å². The van der Waals surface area contributed by atoms with Crippen LogP contribution in [-0.4, -0.2) is 10.9 Å². The average Bonchev–Trinajstić information content (AvgIpc) is 2.44. The molecule has 0 bridgehead atoms. The predicted octanol–water partition coefficient (Wildman–Crippen LogP) is 1.59. The molecule has 0 spiro atoms. The van der Waals surface area contributed by atoms with Crippen LogP contribution >= 0.6 is 0 Å². The van der Waals surface area contributed by atoms with Crippen molar-refractivity contribution in [3.05, 3.63) is 24.3 Å². The number of carbonyl (C=O) groups excluding carboxylic acids is 1. The molecule has 4 nitrogen and oxygen atoms in total. The Morgan fingerprint density at radius 2 is 2.54 bits per heavy atom. The minimum Gasteiger partial charge on any atom is -0.423 e. The van der Waals surface area contributed by atoms with Gasteiger partial charge in [-0.3, -0.25) is 10.1 Å². The molecule has 1 amide bonds. The Bertz CT molecular complexity index is 415. The first-order valence-electron chi connectivity index (χ1n) is 3.80. The fraction of sp³-hybridized carbons (Fsp3) is 0.111. The number of nitrogens with one attached hydrogen (secondary N) is 1. The van der Waals surface area contributed by atoms with E-state index in [-0.39, 0.29) is 11.9 Å². The van der Waals surface area contributed by atoms with Gasteiger partial charge in [-0.2, -0.15) is 4.98 Å². The second kappa shape index (κ2) is 2.90. The van der Waals surface area contributed by atoms with Crippen molar-refractivity contribution in [2.45, 2.75) is 6.92 Å². The number of oxazole rings is 1. The summed E-state index contributed by atoms with van der Waals surface area (Å²) in [6.07, 6.45) is 0. The van der Waals surface area contributed by atoms with Gasteiger partial charge in [0.1, 0.15) is 5.52 Å². The van der Waals surface area contributed by atoms with Gasteiger partial charge >= 0.3 is 6.01 Å². The molecule has 0 fully saturated rings. The Hall–Kier alpha value is -1.84. The zero-order valence-corrected chi connectivity index (χ0v) is 7.00. The quantitative estimate of drug-likeness (QED) is 0.715. The van der Waals surface area contributed by atoms with Crippen LogP contribution in [0.3, 0.4) is 0 Å². The minimum absolute atomic E-state index is 0.202. The van der Waals surface area contributed by atoms with Gasteiger partial charge in [0.05, 0.1) is 0 Å². The van der Waals surface area contributed by atoms with Crippen molar-refractivity contribution >= 4 is 23.0 Å². The van der Waals surface area contributed by atoms with E-state index in [0.717, 1.165) is 0 Å². The highest BCUT2D eigenvalue weighted by Crippen LogP contribution is 2.17. The third kappa shape index (κ3) is 1.51. The van der Waals surface area contributed by atoms with E-state index in [1.54, 1.807) is 18.2 Å². The summed E-state index contributed by atoms with van der Waals surface area (Å²) in [6.45, 7) is 1.40. The monoisotopic (exact) mass is 175 g/mol. The third-order valence-electron chi connectivity index (χ3n) is 1.50. The molecule has 0 aliphatic carbocycles. The molecule has 1 N–H and O–H groups in total. The maximum atomic E-state index is 10.7. The first-order chi connectivity index (χ1) is 6.25. The minimum atomic E-state index is -0.202. The molecule has 2 rings (SSSR count). The van der Waals surface area contributed by atoms with Gasteiger partial charge in [0.15, 0.2) is 5.58 Å². The maximum Gasteiger partial charge on any atom is 0.302 e. The molecule has 0 atom stereocenters. The number of carbonyl (C=O) groups is 1. The van der Waals surface area contributed by atoms with E-state index in [2.05, 4.69) is 16.4 Å². The molecular weight excluding hydrogens is 168 g/mol. The predicted molar refractivity (Wildman–Crippen MR) is 47.1 cm³/mol. The van der Waals surface area contributed by atoms with Crippen LogP contribution in [0.2, 0.25) is 0 Å². The molecule has 13 heavy (non-hydrogen) atoms. The number of benzene rings is 1. The van der Waals surface area contributed by atoms with Gasteiger partial charge in [0.25, 0.3) is 0 Å². The van der Waals surface area contributed by atoms with Crippen LogP contribution in [-0.2, 0) is 4.79 Å². The number of amides is 1. The Morgan fingerprint density at radius 1 is 1.69 bits per heavy atom. The van der Waals surface area contributed by atoms with E-state index in [0.29, 0.717) is 11.1 Å². The molecule has 0 aliphatic rings. The molecule has 1 aromatic carbocycles. The second-order valence-electron chi connectivity index (χ2n) is 2.58. The molecule has 65 valence electrons. The number of nitrogens with zero attached hydrogens (tertiary/aromatic N) is 1. The number of anilines is 1. The van der Waals surface area contributed by atoms with E-state index < -0.39 is 0 Å². The first-order valence-corrected chi connectivity index (χ1v) is 3.80. The fourth-order valence-corrected chi connectivity index (χ4v) is 1.01. The van der Waals surface area contributed by atoms with Gasteiger partial charge in [-0.25, -0.2) is 0 Å². The molecule has 0 saturated heterocycles. The van der Waals surface area contributed by atoms with Gasteiger partial charge in [-0.05, 0) is 6.07 Å². The molecular formula is C9H7N2O2. The normalized spacial score (nSPS) is 10.2. The lowest BCUT2D eigenvalue weighted by atomic mass is 10.3. The van der Waals surface area contributed by atoms with E-state index >= 15 is 0 Å². The molecule has 0 saturated carbocycles. The van der Waals surface area contributed by atoms with E-state index in [4.69, 9.17) is 4.42 Å². The van der Waals surface area contributed by atoms with Crippen molar-refractivity contribution in [2.24, 2.45) is 0 Å². The summed E-state index contributed by atoms with van der Waals surface area (Å²) in [5, 5.41) is 2.46. The Kier molecular flexibility index (Phi) is 1.73. The second-order valence-corrected chi connectivity index (χ2v) is 2.58. The third-order valence-corrected chi connectivity index (χ3v) is 1.50. The summed E-state index contributed by atoms with van der Waals surface area (Å²) < 4.78 is 5.20. The van der Waals surface area contributed by atoms with Crippen LogP contribution in [0.4, 0.5) is 6.01 Å². The lowest BCUT2D eigenvalue weighted by Gasteiger charge is -1.90. The van der Waals surface area contributed by atoms with Crippen LogP contribution in [0.1, 0.15) is 6.92 Å². The number of rotatable bonds is 1. The average molecular weight is 175 g/mol. The zero-order chi connectivity index (χ0) is 9.26. The van der Waals surface area contributed by atoms with Crippen molar-refractivity contribution in [1.29, 1.82) is 0 Å². The van der Waals surface area contributed by atoms with Crippen LogP contribution in [0, 0.1) is 6.07 Å². The summed E-state index contributed by atoms with van der Waals surface area (Å²) in [6, 6.07) is 8.40. The van der Waals surface area contributed by atoms with E-state index in [1.807, 2.05) is 0 Å². The van der Waals surface area contributed by atoms with Gasteiger partial charge < -0.3 is 4.42 Å². The molecule has 2 aromatic rings. The molecule has 0 aliphatic heterocycles. The van der Waals surface area contributed by atoms with Crippen molar-refractivity contribution in [3.8, 4) is 0 Å². The Labute approximate surface area is 74.6 Å². The van der Waals surface area contributed by atoms with Crippen molar-refractivity contribution in [2.75, 3.05) is 5.32 Å². The standard InChI is InChI=1S/C9H7N2O2/c1-6(12)10-9-11-7-4-2-3-5-8(7)13-9/h2-3,5H,1H3,(H,10,11,12). The Morgan fingerprint density at radius 3 is 3.23 bits per heavy atom. The highest BCUT2D eigenvalue weighted by molar-refractivity contribution is 5.87. The molecule has 1 radical (unpaired) electrons. The van der Waals surface area contributed by atoms with Gasteiger partial charge in [-0.15, -0.1) is 0 Å². The Balaban J connectivity index is 2.44. The fourth-order valence-electron chi connectivity index (χ4n) is 1.01. The number of fused-ring (bicyclic) bond motifs is 1. The number of hydrogen-bond donors (Lipinski definition) is 1. The van der Waals surface area contributed by atoms with Crippen LogP contribution in [0.5, 0.6) is 0 Å². The summed E-state index contributed by atoms with van der Waals surface area (Å²) in [5.41, 5.74) is 1.23. The molecule has 4 heteroatoms. The summed E-state index contributed by atoms with van der Waals surface area (Å²) in [7, 11) is 0. The topological polar surface area (TPSA) is 55.1 Å². The lowest BCUT2D eigenvalue weighted by Crippen LogP contribution is -2.05. The maximum absolute atomic E-state index is 10.7. The molecule has 1 heterocycles. The summed E-state index contributed by atoms with van der Waals surface area (Å²) in [5.74, 6) is -0.202. The van der Waals surface area contributed by atoms with Gasteiger partial charge in [-0.1, -0.05) is 12.1 Å². The summed E-state index contributed by atoms with van der Waals surface area (Å²) >= 11 is 0. The summed E-state index contributed by atoms with van der Waals surface area (Å²) in [4.78, 5) is 14.7. The zero-order valence-electron chi connectivity index (χ0n) is 7.00.